The Morgan fingerprint density at radius 1 is 0.774 bits per heavy atom. The van der Waals surface area contributed by atoms with Crippen LogP contribution in [0, 0.1) is 0 Å². The zero-order chi connectivity index (χ0) is 21.8. The van der Waals surface area contributed by atoms with Crippen LogP contribution in [0.25, 0.3) is 0 Å². The molecule has 0 saturated heterocycles. The van der Waals surface area contributed by atoms with Gasteiger partial charge in [-0.1, -0.05) is 26.0 Å². The molecule has 0 aliphatic carbocycles. The van der Waals surface area contributed by atoms with Gasteiger partial charge in [0.25, 0.3) is 0 Å². The summed E-state index contributed by atoms with van der Waals surface area (Å²) in [5, 5.41) is 18.2. The quantitative estimate of drug-likeness (QED) is 0.676. The predicted molar refractivity (Wildman–Crippen MR) is 120 cm³/mol. The van der Waals surface area contributed by atoms with Gasteiger partial charge in [0.15, 0.2) is 0 Å². The van der Waals surface area contributed by atoms with E-state index < -0.39 is 0 Å². The molecule has 2 aromatic rings. The lowest BCUT2D eigenvalue weighted by Crippen LogP contribution is -2.34. The summed E-state index contributed by atoms with van der Waals surface area (Å²) in [6, 6.07) is 13.1. The van der Waals surface area contributed by atoms with Crippen LogP contribution in [0.1, 0.15) is 48.9 Å². The van der Waals surface area contributed by atoms with E-state index in [0.717, 1.165) is 50.5 Å². The first kappa shape index (κ1) is 22.1. The van der Waals surface area contributed by atoms with Crippen LogP contribution in [0.5, 0.6) is 11.5 Å². The average Bonchev–Trinajstić information content (AvgIpc) is 2.80. The number of hydrogen-bond acceptors (Lipinski definition) is 6. The Morgan fingerprint density at radius 3 is 1.65 bits per heavy atom. The van der Waals surface area contributed by atoms with Gasteiger partial charge in [-0.05, 0) is 48.2 Å². The van der Waals surface area contributed by atoms with Crippen LogP contribution < -0.4 is 9.47 Å². The third-order valence-electron chi connectivity index (χ3n) is 6.42. The smallest absolute Gasteiger partial charge is 0.142 e. The van der Waals surface area contributed by atoms with Crippen molar-refractivity contribution in [2.75, 3.05) is 39.8 Å². The van der Waals surface area contributed by atoms with E-state index in [9.17, 15) is 0 Å². The lowest BCUT2D eigenvalue weighted by molar-refractivity contribution is 0.0882. The third kappa shape index (κ3) is 4.88. The standard InChI is InChI=1S/C25H34N2O4/c1-25(2,21-5-7-23-19(13-21)15-26(17-30-23)9-3-11-28)22-6-8-24-20(14-22)16-27(18-31-24)10-4-12-29/h5-8,13-14,28-29H,3-4,9-12,15-18H2,1-2H3. The van der Waals surface area contributed by atoms with Gasteiger partial charge in [-0.25, -0.2) is 0 Å². The molecule has 0 unspecified atom stereocenters. The zero-order valence-corrected chi connectivity index (χ0v) is 18.6. The summed E-state index contributed by atoms with van der Waals surface area (Å²) in [5.74, 6) is 1.91. The average molecular weight is 427 g/mol. The number of rotatable bonds is 8. The van der Waals surface area contributed by atoms with E-state index in [2.05, 4.69) is 60.0 Å². The summed E-state index contributed by atoms with van der Waals surface area (Å²) in [5.41, 5.74) is 4.75. The lowest BCUT2D eigenvalue weighted by Gasteiger charge is -2.33. The lowest BCUT2D eigenvalue weighted by atomic mass is 9.77. The highest BCUT2D eigenvalue weighted by Gasteiger charge is 2.28. The van der Waals surface area contributed by atoms with Crippen LogP contribution in [0.2, 0.25) is 0 Å². The Morgan fingerprint density at radius 2 is 1.23 bits per heavy atom. The van der Waals surface area contributed by atoms with E-state index in [-0.39, 0.29) is 18.6 Å². The van der Waals surface area contributed by atoms with Crippen molar-refractivity contribution in [2.24, 2.45) is 0 Å². The molecule has 0 spiro atoms. The molecule has 31 heavy (non-hydrogen) atoms. The minimum atomic E-state index is -0.162. The second-order valence-corrected chi connectivity index (χ2v) is 9.08. The molecule has 2 aliphatic rings. The van der Waals surface area contributed by atoms with Crippen molar-refractivity contribution in [3.05, 3.63) is 58.7 Å². The summed E-state index contributed by atoms with van der Waals surface area (Å²) < 4.78 is 11.9. The van der Waals surface area contributed by atoms with Gasteiger partial charge in [-0.2, -0.15) is 0 Å². The Hall–Kier alpha value is -2.12. The Labute approximate surface area is 185 Å². The van der Waals surface area contributed by atoms with Crippen LogP contribution in [-0.4, -0.2) is 59.8 Å². The SMILES string of the molecule is CC(C)(c1ccc2c(c1)CN(CCCO)CO2)c1ccc2c(c1)CN(CCCO)CO2. The molecule has 2 aromatic carbocycles. The minimum Gasteiger partial charge on any atom is -0.478 e. The topological polar surface area (TPSA) is 65.4 Å². The van der Waals surface area contributed by atoms with Crippen molar-refractivity contribution in [3.8, 4) is 11.5 Å². The van der Waals surface area contributed by atoms with Gasteiger partial charge in [0.2, 0.25) is 0 Å². The van der Waals surface area contributed by atoms with Gasteiger partial charge in [0, 0.05) is 55.9 Å². The predicted octanol–water partition coefficient (Wildman–Crippen LogP) is 3.08. The molecule has 0 aromatic heterocycles. The van der Waals surface area contributed by atoms with Crippen molar-refractivity contribution in [1.29, 1.82) is 0 Å². The normalized spacial score (nSPS) is 16.9. The fraction of sp³-hybridized carbons (Fsp3) is 0.520. The largest absolute Gasteiger partial charge is 0.478 e. The van der Waals surface area contributed by atoms with E-state index in [1.165, 1.54) is 22.3 Å². The van der Waals surface area contributed by atoms with Gasteiger partial charge >= 0.3 is 0 Å². The second kappa shape index (κ2) is 9.57. The Balaban J connectivity index is 1.55. The summed E-state index contributed by atoms with van der Waals surface area (Å²) in [4.78, 5) is 4.46. The number of benzene rings is 2. The highest BCUT2D eigenvalue weighted by Crippen LogP contribution is 2.38. The number of aliphatic hydroxyl groups excluding tert-OH is 2. The molecule has 168 valence electrons. The number of aliphatic hydroxyl groups is 2. The van der Waals surface area contributed by atoms with Crippen molar-refractivity contribution in [3.63, 3.8) is 0 Å². The summed E-state index contributed by atoms with van der Waals surface area (Å²) >= 11 is 0. The molecule has 0 radical (unpaired) electrons. The van der Waals surface area contributed by atoms with Crippen LogP contribution in [0.3, 0.4) is 0 Å². The fourth-order valence-electron chi connectivity index (χ4n) is 4.40. The van der Waals surface area contributed by atoms with E-state index >= 15 is 0 Å². The molecule has 0 atom stereocenters. The highest BCUT2D eigenvalue weighted by molar-refractivity contribution is 5.48. The molecular weight excluding hydrogens is 392 g/mol. The van der Waals surface area contributed by atoms with E-state index in [1.54, 1.807) is 0 Å². The molecule has 4 rings (SSSR count). The first-order valence-corrected chi connectivity index (χ1v) is 11.2. The van der Waals surface area contributed by atoms with Gasteiger partial charge < -0.3 is 19.7 Å². The highest BCUT2D eigenvalue weighted by atomic mass is 16.5. The third-order valence-corrected chi connectivity index (χ3v) is 6.42. The summed E-state index contributed by atoms with van der Waals surface area (Å²) in [6.07, 6.45) is 1.52. The molecule has 2 N–H and O–H groups in total. The number of ether oxygens (including phenoxy) is 2. The van der Waals surface area contributed by atoms with E-state index in [4.69, 9.17) is 19.7 Å². The zero-order valence-electron chi connectivity index (χ0n) is 18.6. The van der Waals surface area contributed by atoms with Crippen molar-refractivity contribution >= 4 is 0 Å². The van der Waals surface area contributed by atoms with Gasteiger partial charge in [-0.15, -0.1) is 0 Å². The van der Waals surface area contributed by atoms with Gasteiger partial charge in [0.05, 0.1) is 0 Å². The Kier molecular flexibility index (Phi) is 6.82. The molecule has 0 amide bonds. The maximum atomic E-state index is 9.12. The van der Waals surface area contributed by atoms with Gasteiger partial charge in [0.1, 0.15) is 25.0 Å². The van der Waals surface area contributed by atoms with Crippen molar-refractivity contribution in [1.82, 2.24) is 9.80 Å². The van der Waals surface area contributed by atoms with Crippen LogP contribution in [0.15, 0.2) is 36.4 Å². The van der Waals surface area contributed by atoms with Crippen molar-refractivity contribution in [2.45, 2.75) is 45.2 Å². The molecule has 0 bridgehead atoms. The first-order chi connectivity index (χ1) is 15.0. The van der Waals surface area contributed by atoms with Crippen LogP contribution >= 0.6 is 0 Å². The number of fused-ring (bicyclic) bond motifs is 2. The van der Waals surface area contributed by atoms with E-state index in [1.807, 2.05) is 0 Å². The van der Waals surface area contributed by atoms with Crippen molar-refractivity contribution < 1.29 is 19.7 Å². The van der Waals surface area contributed by atoms with E-state index in [0.29, 0.717) is 13.5 Å². The Bertz CT molecular complexity index is 828. The molecular formula is C25H34N2O4. The molecule has 2 heterocycles. The monoisotopic (exact) mass is 426 g/mol. The first-order valence-electron chi connectivity index (χ1n) is 11.2. The molecule has 0 saturated carbocycles. The summed E-state index contributed by atoms with van der Waals surface area (Å²) in [7, 11) is 0. The second-order valence-electron chi connectivity index (χ2n) is 9.08. The van der Waals surface area contributed by atoms with Gasteiger partial charge in [-0.3, -0.25) is 9.80 Å². The minimum absolute atomic E-state index is 0.162. The molecule has 2 aliphatic heterocycles. The van der Waals surface area contributed by atoms with Crippen LogP contribution in [-0.2, 0) is 18.5 Å². The molecule has 6 heteroatoms. The number of nitrogens with zero attached hydrogens (tertiary/aromatic N) is 2. The molecule has 0 fully saturated rings. The maximum Gasteiger partial charge on any atom is 0.142 e. The fourth-order valence-corrected chi connectivity index (χ4v) is 4.40. The summed E-state index contributed by atoms with van der Waals surface area (Å²) in [6.45, 7) is 9.44. The maximum absolute atomic E-state index is 9.12. The molecule has 6 nitrogen and oxygen atoms in total. The van der Waals surface area contributed by atoms with Crippen LogP contribution in [0.4, 0.5) is 0 Å². The number of hydrogen-bond donors (Lipinski definition) is 2.